The first-order valence-electron chi connectivity index (χ1n) is 10.5. The van der Waals surface area contributed by atoms with Crippen molar-refractivity contribution < 1.29 is 13.2 Å². The Morgan fingerprint density at radius 3 is 2.47 bits per heavy atom. The molecule has 7 heteroatoms. The molecule has 1 atom stereocenters. The fourth-order valence-corrected chi connectivity index (χ4v) is 5.89. The third-order valence-electron chi connectivity index (χ3n) is 5.58. The molecule has 2 aromatic rings. The number of sulfonamides is 1. The number of aryl methyl sites for hydroxylation is 3. The molecule has 162 valence electrons. The van der Waals surface area contributed by atoms with Crippen molar-refractivity contribution in [2.75, 3.05) is 18.4 Å². The number of benzene rings is 2. The van der Waals surface area contributed by atoms with Crippen LogP contribution in [-0.2, 0) is 10.0 Å². The second-order valence-corrected chi connectivity index (χ2v) is 9.93. The third-order valence-corrected chi connectivity index (χ3v) is 7.67. The molecule has 30 heavy (non-hydrogen) atoms. The van der Waals surface area contributed by atoms with Crippen molar-refractivity contribution in [1.29, 1.82) is 0 Å². The van der Waals surface area contributed by atoms with Crippen LogP contribution in [0.15, 0.2) is 47.4 Å². The van der Waals surface area contributed by atoms with Gasteiger partial charge in [0.2, 0.25) is 10.0 Å². The average Bonchev–Trinajstić information content (AvgIpc) is 2.72. The summed E-state index contributed by atoms with van der Waals surface area (Å²) in [6.45, 7) is 6.67. The second-order valence-electron chi connectivity index (χ2n) is 8.07. The first kappa shape index (κ1) is 22.3. The maximum Gasteiger partial charge on any atom is 0.319 e. The Labute approximate surface area is 179 Å². The summed E-state index contributed by atoms with van der Waals surface area (Å²) in [6, 6.07) is 12.7. The van der Waals surface area contributed by atoms with Gasteiger partial charge in [0.15, 0.2) is 0 Å². The van der Waals surface area contributed by atoms with Crippen LogP contribution in [-0.4, -0.2) is 37.9 Å². The monoisotopic (exact) mass is 429 g/mol. The highest BCUT2D eigenvalue weighted by atomic mass is 32.2. The summed E-state index contributed by atoms with van der Waals surface area (Å²) in [5.74, 6) is 0. The summed E-state index contributed by atoms with van der Waals surface area (Å²) < 4.78 is 28.4. The maximum atomic E-state index is 13.4. The van der Waals surface area contributed by atoms with Crippen molar-refractivity contribution in [3.63, 3.8) is 0 Å². The van der Waals surface area contributed by atoms with Crippen LogP contribution in [0.4, 0.5) is 10.5 Å². The molecule has 1 heterocycles. The summed E-state index contributed by atoms with van der Waals surface area (Å²) in [6.07, 6.45) is 3.26. The van der Waals surface area contributed by atoms with Crippen molar-refractivity contribution in [2.45, 2.75) is 57.4 Å². The number of piperidine rings is 1. The lowest BCUT2D eigenvalue weighted by Gasteiger charge is -2.35. The molecular formula is C23H31N3O3S. The quantitative estimate of drug-likeness (QED) is 0.716. The zero-order valence-corrected chi connectivity index (χ0v) is 18.8. The van der Waals surface area contributed by atoms with Gasteiger partial charge >= 0.3 is 6.03 Å². The van der Waals surface area contributed by atoms with E-state index in [0.717, 1.165) is 41.6 Å². The van der Waals surface area contributed by atoms with E-state index in [0.29, 0.717) is 24.4 Å². The molecule has 0 radical (unpaired) electrons. The van der Waals surface area contributed by atoms with Gasteiger partial charge in [-0.05, 0) is 69.4 Å². The number of rotatable bonds is 6. The molecule has 1 aliphatic heterocycles. The molecule has 1 fully saturated rings. The van der Waals surface area contributed by atoms with Gasteiger partial charge in [0.25, 0.3) is 0 Å². The largest absolute Gasteiger partial charge is 0.338 e. The van der Waals surface area contributed by atoms with Crippen LogP contribution in [0, 0.1) is 20.8 Å². The fourth-order valence-electron chi connectivity index (χ4n) is 3.85. The molecule has 1 aliphatic rings. The van der Waals surface area contributed by atoms with Crippen LogP contribution in [0.1, 0.15) is 42.4 Å². The number of hydrogen-bond acceptors (Lipinski definition) is 3. The number of nitrogens with one attached hydrogen (secondary N) is 2. The molecular weight excluding hydrogens is 398 g/mol. The van der Waals surface area contributed by atoms with E-state index < -0.39 is 10.0 Å². The van der Waals surface area contributed by atoms with Crippen molar-refractivity contribution in [1.82, 2.24) is 9.62 Å². The van der Waals surface area contributed by atoms with E-state index in [9.17, 15) is 13.2 Å². The number of hydrogen-bond donors (Lipinski definition) is 2. The first-order valence-corrected chi connectivity index (χ1v) is 11.9. The van der Waals surface area contributed by atoms with Gasteiger partial charge in [-0.25, -0.2) is 13.2 Å². The van der Waals surface area contributed by atoms with Gasteiger partial charge in [-0.15, -0.1) is 0 Å². The van der Waals surface area contributed by atoms with Crippen LogP contribution in [0.2, 0.25) is 0 Å². The molecule has 0 saturated carbocycles. The van der Waals surface area contributed by atoms with E-state index in [1.165, 1.54) is 0 Å². The highest BCUT2D eigenvalue weighted by molar-refractivity contribution is 7.89. The predicted octanol–water partition coefficient (Wildman–Crippen LogP) is 4.37. The van der Waals surface area contributed by atoms with E-state index >= 15 is 0 Å². The molecule has 6 nitrogen and oxygen atoms in total. The van der Waals surface area contributed by atoms with E-state index in [2.05, 4.69) is 10.6 Å². The van der Waals surface area contributed by atoms with Crippen LogP contribution < -0.4 is 10.6 Å². The Bertz CT molecular complexity index is 987. The number of amides is 2. The molecule has 3 rings (SSSR count). The van der Waals surface area contributed by atoms with Crippen LogP contribution in [0.3, 0.4) is 0 Å². The van der Waals surface area contributed by atoms with Crippen LogP contribution >= 0.6 is 0 Å². The SMILES string of the molecule is Cc1ccc(NC(=O)NCC[C@@H]2CCCCN2S(=O)(=O)c2cc(C)ccc2C)cc1. The molecule has 1 saturated heterocycles. The standard InChI is InChI=1S/C23H31N3O3S/c1-17-8-11-20(12-9-17)25-23(27)24-14-13-21-6-4-5-15-26(21)30(28,29)22-16-18(2)7-10-19(22)3/h7-12,16,21H,4-6,13-15H2,1-3H3,(H2,24,25,27)/t21-/m0/s1. The topological polar surface area (TPSA) is 78.5 Å². The molecule has 2 amide bonds. The summed E-state index contributed by atoms with van der Waals surface area (Å²) in [5.41, 5.74) is 3.56. The minimum Gasteiger partial charge on any atom is -0.338 e. The smallest absolute Gasteiger partial charge is 0.319 e. The summed E-state index contributed by atoms with van der Waals surface area (Å²) >= 11 is 0. The van der Waals surface area contributed by atoms with E-state index in [1.807, 2.05) is 57.2 Å². The van der Waals surface area contributed by atoms with Crippen molar-refractivity contribution in [3.05, 3.63) is 59.2 Å². The minimum absolute atomic E-state index is 0.108. The highest BCUT2D eigenvalue weighted by Crippen LogP contribution is 2.29. The van der Waals surface area contributed by atoms with Gasteiger partial charge in [0, 0.05) is 24.8 Å². The lowest BCUT2D eigenvalue weighted by atomic mass is 10.0. The molecule has 0 bridgehead atoms. The van der Waals surface area contributed by atoms with Gasteiger partial charge in [-0.1, -0.05) is 36.2 Å². The van der Waals surface area contributed by atoms with Gasteiger partial charge < -0.3 is 10.6 Å². The lowest BCUT2D eigenvalue weighted by molar-refractivity contribution is 0.234. The fraction of sp³-hybridized carbons (Fsp3) is 0.435. The number of carbonyl (C=O) groups is 1. The lowest BCUT2D eigenvalue weighted by Crippen LogP contribution is -2.45. The molecule has 0 aromatic heterocycles. The van der Waals surface area contributed by atoms with Crippen LogP contribution in [0.25, 0.3) is 0 Å². The normalized spacial score (nSPS) is 17.5. The summed E-state index contributed by atoms with van der Waals surface area (Å²) in [5, 5.41) is 5.66. The average molecular weight is 430 g/mol. The Kier molecular flexibility index (Phi) is 7.15. The third kappa shape index (κ3) is 5.40. The minimum atomic E-state index is -3.56. The Hall–Kier alpha value is -2.38. The second kappa shape index (κ2) is 9.62. The van der Waals surface area contributed by atoms with E-state index in [1.54, 1.807) is 10.4 Å². The Balaban J connectivity index is 1.62. The zero-order valence-electron chi connectivity index (χ0n) is 17.9. The van der Waals surface area contributed by atoms with E-state index in [4.69, 9.17) is 0 Å². The van der Waals surface area contributed by atoms with Crippen LogP contribution in [0.5, 0.6) is 0 Å². The van der Waals surface area contributed by atoms with Gasteiger partial charge in [0.05, 0.1) is 4.90 Å². The number of carbonyl (C=O) groups excluding carboxylic acids is 1. The van der Waals surface area contributed by atoms with Gasteiger partial charge in [0.1, 0.15) is 0 Å². The number of anilines is 1. The molecule has 2 N–H and O–H groups in total. The van der Waals surface area contributed by atoms with Crippen molar-refractivity contribution in [3.8, 4) is 0 Å². The van der Waals surface area contributed by atoms with E-state index in [-0.39, 0.29) is 12.1 Å². The molecule has 0 aliphatic carbocycles. The van der Waals surface area contributed by atoms with Gasteiger partial charge in [-0.3, -0.25) is 0 Å². The van der Waals surface area contributed by atoms with Crippen molar-refractivity contribution >= 4 is 21.7 Å². The zero-order chi connectivity index (χ0) is 21.7. The van der Waals surface area contributed by atoms with Gasteiger partial charge in [-0.2, -0.15) is 4.31 Å². The summed E-state index contributed by atoms with van der Waals surface area (Å²) in [4.78, 5) is 12.6. The predicted molar refractivity (Wildman–Crippen MR) is 120 cm³/mol. The Morgan fingerprint density at radius 2 is 1.73 bits per heavy atom. The first-order chi connectivity index (χ1) is 14.3. The highest BCUT2D eigenvalue weighted by Gasteiger charge is 2.34. The molecule has 0 unspecified atom stereocenters. The molecule has 0 spiro atoms. The van der Waals surface area contributed by atoms with Crippen molar-refractivity contribution in [2.24, 2.45) is 0 Å². The molecule has 2 aromatic carbocycles. The maximum absolute atomic E-state index is 13.4. The summed E-state index contributed by atoms with van der Waals surface area (Å²) in [7, 11) is -3.56. The number of urea groups is 1. The number of nitrogens with zero attached hydrogens (tertiary/aromatic N) is 1. The Morgan fingerprint density at radius 1 is 1.03 bits per heavy atom.